The Morgan fingerprint density at radius 3 is 3.40 bits per heavy atom. The van der Waals surface area contributed by atoms with Gasteiger partial charge < -0.3 is 5.32 Å². The number of fused-ring (bicyclic) bond motifs is 1. The highest BCUT2D eigenvalue weighted by atomic mass is 14.9. The minimum absolute atomic E-state index is 0.865. The summed E-state index contributed by atoms with van der Waals surface area (Å²) < 4.78 is 0. The highest BCUT2D eigenvalue weighted by Crippen LogP contribution is 1.68. The smallest absolute Gasteiger partial charge is 0.116 e. The predicted molar refractivity (Wildman–Crippen MR) is 38.2 cm³/mol. The van der Waals surface area contributed by atoms with E-state index in [2.05, 4.69) is 15.3 Å². The van der Waals surface area contributed by atoms with Crippen molar-refractivity contribution in [2.45, 2.75) is 0 Å². The molecular weight excluding hydrogens is 126 g/mol. The molecule has 3 nitrogen and oxygen atoms in total. The Hall–Kier alpha value is -1.38. The molecule has 0 fully saturated rings. The molecule has 0 aliphatic carbocycles. The van der Waals surface area contributed by atoms with Crippen LogP contribution in [0.3, 0.4) is 0 Å². The molecule has 0 saturated carbocycles. The van der Waals surface area contributed by atoms with Crippen LogP contribution in [0.5, 0.6) is 0 Å². The van der Waals surface area contributed by atoms with Gasteiger partial charge in [-0.2, -0.15) is 0 Å². The van der Waals surface area contributed by atoms with Gasteiger partial charge in [-0.25, -0.2) is 9.97 Å². The Balaban J connectivity index is 2.84. The highest BCUT2D eigenvalue weighted by Gasteiger charge is 1.89. The van der Waals surface area contributed by atoms with Crippen molar-refractivity contribution in [2.24, 2.45) is 0 Å². The fraction of sp³-hybridized carbons (Fsp3) is 0.143. The van der Waals surface area contributed by atoms with E-state index in [1.54, 1.807) is 12.5 Å². The van der Waals surface area contributed by atoms with Crippen LogP contribution in [0.1, 0.15) is 0 Å². The van der Waals surface area contributed by atoms with E-state index in [0.717, 1.165) is 17.1 Å². The molecule has 0 bridgehead atoms. The van der Waals surface area contributed by atoms with Crippen molar-refractivity contribution in [1.29, 1.82) is 0 Å². The Labute approximate surface area is 58.1 Å². The van der Waals surface area contributed by atoms with Gasteiger partial charge in [0.15, 0.2) is 0 Å². The van der Waals surface area contributed by atoms with Crippen LogP contribution in [0, 0.1) is 0 Å². The van der Waals surface area contributed by atoms with Gasteiger partial charge in [-0.3, -0.25) is 0 Å². The van der Waals surface area contributed by atoms with Crippen LogP contribution in [0.4, 0.5) is 0 Å². The number of nitrogens with zero attached hydrogens (tertiary/aromatic N) is 2. The van der Waals surface area contributed by atoms with Gasteiger partial charge in [0.1, 0.15) is 6.33 Å². The number of nitrogens with one attached hydrogen (secondary N) is 1. The molecule has 1 aromatic heterocycles. The first-order valence-corrected chi connectivity index (χ1v) is 3.16. The third-order valence-electron chi connectivity index (χ3n) is 1.44. The molecule has 50 valence electrons. The SMILES string of the molecule is C1=c2cncnc2=CCN1. The third-order valence-corrected chi connectivity index (χ3v) is 1.44. The first-order valence-electron chi connectivity index (χ1n) is 3.16. The lowest BCUT2D eigenvalue weighted by atomic mass is 10.3. The van der Waals surface area contributed by atoms with Crippen molar-refractivity contribution in [3.05, 3.63) is 23.1 Å². The fourth-order valence-electron chi connectivity index (χ4n) is 0.956. The maximum Gasteiger partial charge on any atom is 0.116 e. The van der Waals surface area contributed by atoms with E-state index >= 15 is 0 Å². The topological polar surface area (TPSA) is 37.8 Å². The predicted octanol–water partition coefficient (Wildman–Crippen LogP) is -1.40. The molecule has 2 rings (SSSR count). The summed E-state index contributed by atoms with van der Waals surface area (Å²) in [5, 5.41) is 5.17. The van der Waals surface area contributed by atoms with Crippen molar-refractivity contribution >= 4 is 12.3 Å². The quantitative estimate of drug-likeness (QED) is 0.473. The molecule has 0 radical (unpaired) electrons. The van der Waals surface area contributed by atoms with Crippen molar-refractivity contribution in [3.8, 4) is 0 Å². The van der Waals surface area contributed by atoms with Crippen LogP contribution in [-0.4, -0.2) is 16.5 Å². The number of rotatable bonds is 0. The van der Waals surface area contributed by atoms with E-state index in [0.29, 0.717) is 0 Å². The first kappa shape index (κ1) is 5.41. The summed E-state index contributed by atoms with van der Waals surface area (Å²) in [4.78, 5) is 7.98. The summed E-state index contributed by atoms with van der Waals surface area (Å²) in [6, 6.07) is 0. The highest BCUT2D eigenvalue weighted by molar-refractivity contribution is 5.33. The van der Waals surface area contributed by atoms with E-state index in [9.17, 15) is 0 Å². The fourth-order valence-corrected chi connectivity index (χ4v) is 0.956. The zero-order valence-electron chi connectivity index (χ0n) is 5.41. The summed E-state index contributed by atoms with van der Waals surface area (Å²) in [7, 11) is 0. The molecule has 0 amide bonds. The minimum atomic E-state index is 0.865. The van der Waals surface area contributed by atoms with Gasteiger partial charge in [-0.05, 0) is 6.08 Å². The zero-order valence-corrected chi connectivity index (χ0v) is 5.41. The van der Waals surface area contributed by atoms with Crippen LogP contribution in [0.2, 0.25) is 0 Å². The average Bonchev–Trinajstić information content (AvgIpc) is 2.05. The van der Waals surface area contributed by atoms with Gasteiger partial charge in [0.25, 0.3) is 0 Å². The van der Waals surface area contributed by atoms with Crippen LogP contribution in [-0.2, 0) is 0 Å². The summed E-state index contributed by atoms with van der Waals surface area (Å²) in [5.41, 5.74) is 0. The molecule has 0 unspecified atom stereocenters. The van der Waals surface area contributed by atoms with Crippen LogP contribution in [0.15, 0.2) is 12.5 Å². The summed E-state index contributed by atoms with van der Waals surface area (Å²) in [6.45, 7) is 0.865. The van der Waals surface area contributed by atoms with Crippen LogP contribution >= 0.6 is 0 Å². The van der Waals surface area contributed by atoms with Gasteiger partial charge in [-0.15, -0.1) is 0 Å². The second kappa shape index (κ2) is 2.10. The van der Waals surface area contributed by atoms with Gasteiger partial charge in [0.2, 0.25) is 0 Å². The van der Waals surface area contributed by atoms with Crippen LogP contribution in [0.25, 0.3) is 12.3 Å². The van der Waals surface area contributed by atoms with E-state index in [4.69, 9.17) is 0 Å². The molecule has 2 heterocycles. The number of aromatic nitrogens is 2. The lowest BCUT2D eigenvalue weighted by Gasteiger charge is -1.99. The van der Waals surface area contributed by atoms with Gasteiger partial charge in [-0.1, -0.05) is 0 Å². The molecule has 3 heteroatoms. The molecule has 0 aromatic carbocycles. The number of hydrogen-bond acceptors (Lipinski definition) is 3. The lowest BCUT2D eigenvalue weighted by molar-refractivity contribution is 1.00. The Bertz CT molecular complexity index is 307. The standard InChI is InChI=1S/C7H7N3/c1-2-8-3-6-4-9-5-10-7(1)6/h1,3-5,8H,2H2. The maximum atomic E-state index is 4.08. The van der Waals surface area contributed by atoms with E-state index in [-0.39, 0.29) is 0 Å². The molecule has 1 N–H and O–H groups in total. The van der Waals surface area contributed by atoms with Crippen molar-refractivity contribution in [2.75, 3.05) is 6.54 Å². The molecular formula is C7H7N3. The molecule has 1 aliphatic rings. The second-order valence-corrected chi connectivity index (χ2v) is 2.12. The largest absolute Gasteiger partial charge is 0.387 e. The molecule has 0 saturated heterocycles. The summed E-state index contributed by atoms with van der Waals surface area (Å²) in [6.07, 6.45) is 7.33. The van der Waals surface area contributed by atoms with Gasteiger partial charge >= 0.3 is 0 Å². The molecule has 10 heavy (non-hydrogen) atoms. The van der Waals surface area contributed by atoms with E-state index in [1.807, 2.05) is 12.3 Å². The second-order valence-electron chi connectivity index (χ2n) is 2.12. The first-order chi connectivity index (χ1) is 4.97. The normalized spacial score (nSPS) is 14.0. The van der Waals surface area contributed by atoms with Crippen molar-refractivity contribution in [1.82, 2.24) is 15.3 Å². The molecule has 0 spiro atoms. The zero-order chi connectivity index (χ0) is 6.81. The Kier molecular flexibility index (Phi) is 1.13. The number of hydrogen-bond donors (Lipinski definition) is 1. The lowest BCUT2D eigenvalue weighted by Crippen LogP contribution is -2.35. The average molecular weight is 133 g/mol. The van der Waals surface area contributed by atoms with Gasteiger partial charge in [0.05, 0.1) is 5.35 Å². The molecule has 1 aromatic rings. The molecule has 1 aliphatic heterocycles. The monoisotopic (exact) mass is 133 g/mol. The summed E-state index contributed by atoms with van der Waals surface area (Å²) >= 11 is 0. The van der Waals surface area contributed by atoms with Crippen molar-refractivity contribution < 1.29 is 0 Å². The van der Waals surface area contributed by atoms with Crippen LogP contribution < -0.4 is 15.9 Å². The Morgan fingerprint density at radius 2 is 2.50 bits per heavy atom. The summed E-state index contributed by atoms with van der Waals surface area (Å²) in [5.74, 6) is 0. The van der Waals surface area contributed by atoms with E-state index in [1.165, 1.54) is 0 Å². The third kappa shape index (κ3) is 0.757. The molecule has 0 atom stereocenters. The Morgan fingerprint density at radius 1 is 1.50 bits per heavy atom. The van der Waals surface area contributed by atoms with Gasteiger partial charge in [0, 0.05) is 24.2 Å². The minimum Gasteiger partial charge on any atom is -0.387 e. The maximum absolute atomic E-state index is 4.08. The van der Waals surface area contributed by atoms with E-state index < -0.39 is 0 Å². The van der Waals surface area contributed by atoms with Crippen molar-refractivity contribution in [3.63, 3.8) is 0 Å².